The van der Waals surface area contributed by atoms with Gasteiger partial charge in [0.1, 0.15) is 5.82 Å². The summed E-state index contributed by atoms with van der Waals surface area (Å²) in [5.74, 6) is -0.163. The lowest BCUT2D eigenvalue weighted by atomic mass is 9.97. The molecule has 0 aromatic heterocycles. The van der Waals surface area contributed by atoms with Gasteiger partial charge in [-0.15, -0.1) is 0 Å². The van der Waals surface area contributed by atoms with Gasteiger partial charge in [0, 0.05) is 16.0 Å². The minimum atomic E-state index is -0.163. The maximum atomic E-state index is 15.0. The Kier molecular flexibility index (Phi) is 4.48. The van der Waals surface area contributed by atoms with Gasteiger partial charge < -0.3 is 0 Å². The monoisotopic (exact) mass is 360 g/mol. The summed E-state index contributed by atoms with van der Waals surface area (Å²) in [5.41, 5.74) is 4.90. The van der Waals surface area contributed by atoms with Crippen LogP contribution in [0, 0.1) is 5.82 Å². The molecule has 0 aliphatic heterocycles. The molecule has 4 aromatic carbocycles. The molecule has 0 fully saturated rings. The van der Waals surface area contributed by atoms with Crippen LogP contribution in [0.3, 0.4) is 0 Å². The molecular formula is C24H18ClF. The van der Waals surface area contributed by atoms with Crippen LogP contribution < -0.4 is 0 Å². The zero-order chi connectivity index (χ0) is 18.1. The highest BCUT2D eigenvalue weighted by Crippen LogP contribution is 2.31. The molecule has 0 bridgehead atoms. The lowest BCUT2D eigenvalue weighted by Crippen LogP contribution is -1.89. The predicted octanol–water partition coefficient (Wildman–Crippen LogP) is 7.53. The van der Waals surface area contributed by atoms with E-state index < -0.39 is 0 Å². The zero-order valence-electron chi connectivity index (χ0n) is 14.5. The number of fused-ring (bicyclic) bond motifs is 1. The summed E-state index contributed by atoms with van der Waals surface area (Å²) in [7, 11) is 0. The summed E-state index contributed by atoms with van der Waals surface area (Å²) >= 11 is 5.95. The van der Waals surface area contributed by atoms with Crippen molar-refractivity contribution in [2.24, 2.45) is 0 Å². The smallest absolute Gasteiger partial charge is 0.138 e. The molecule has 4 rings (SSSR count). The first-order chi connectivity index (χ1) is 12.7. The number of rotatable bonds is 3. The van der Waals surface area contributed by atoms with Crippen molar-refractivity contribution in [1.29, 1.82) is 0 Å². The molecule has 2 heteroatoms. The van der Waals surface area contributed by atoms with Gasteiger partial charge in [-0.3, -0.25) is 0 Å². The maximum Gasteiger partial charge on any atom is 0.138 e. The Morgan fingerprint density at radius 1 is 0.731 bits per heavy atom. The molecule has 0 unspecified atom stereocenters. The van der Waals surface area contributed by atoms with E-state index in [1.165, 1.54) is 5.56 Å². The van der Waals surface area contributed by atoms with E-state index in [-0.39, 0.29) is 5.82 Å². The molecule has 0 aliphatic rings. The molecule has 4 aromatic rings. The predicted molar refractivity (Wildman–Crippen MR) is 109 cm³/mol. The average molecular weight is 361 g/mol. The fourth-order valence-corrected chi connectivity index (χ4v) is 3.39. The second-order valence-corrected chi connectivity index (χ2v) is 6.86. The molecule has 0 heterocycles. The highest BCUT2D eigenvalue weighted by atomic mass is 35.5. The van der Waals surface area contributed by atoms with Crippen LogP contribution in [0.2, 0.25) is 5.02 Å². The van der Waals surface area contributed by atoms with E-state index in [2.05, 4.69) is 13.0 Å². The molecule has 26 heavy (non-hydrogen) atoms. The van der Waals surface area contributed by atoms with E-state index in [4.69, 9.17) is 11.6 Å². The van der Waals surface area contributed by atoms with Crippen molar-refractivity contribution in [3.05, 3.63) is 95.3 Å². The Bertz CT molecular complexity index is 1060. The van der Waals surface area contributed by atoms with Gasteiger partial charge >= 0.3 is 0 Å². The molecule has 0 nitrogen and oxygen atoms in total. The molecule has 0 saturated carbocycles. The number of aryl methyl sites for hydroxylation is 1. The van der Waals surface area contributed by atoms with Crippen molar-refractivity contribution in [1.82, 2.24) is 0 Å². The van der Waals surface area contributed by atoms with Crippen LogP contribution in [0.5, 0.6) is 0 Å². The molecular weight excluding hydrogens is 343 g/mol. The largest absolute Gasteiger partial charge is 0.206 e. The van der Waals surface area contributed by atoms with E-state index in [9.17, 15) is 0 Å². The molecule has 128 valence electrons. The fourth-order valence-electron chi connectivity index (χ4n) is 3.27. The van der Waals surface area contributed by atoms with Crippen LogP contribution in [0.4, 0.5) is 4.39 Å². The van der Waals surface area contributed by atoms with Crippen LogP contribution in [0.1, 0.15) is 12.5 Å². The molecule has 0 atom stereocenters. The topological polar surface area (TPSA) is 0 Å². The maximum absolute atomic E-state index is 15.0. The standard InChI is InChI=1S/C24H18ClF/c1-2-16-3-13-23-20(15-16)10-14-22(24(23)26)19-6-4-17(5-7-19)18-8-11-21(25)12-9-18/h3-15H,2H2,1H3. The van der Waals surface area contributed by atoms with E-state index in [1.54, 1.807) is 0 Å². The van der Waals surface area contributed by atoms with Crippen LogP contribution in [-0.4, -0.2) is 0 Å². The second kappa shape index (κ2) is 6.93. The molecule has 0 amide bonds. The summed E-state index contributed by atoms with van der Waals surface area (Å²) in [6.07, 6.45) is 0.950. The van der Waals surface area contributed by atoms with Crippen molar-refractivity contribution in [2.45, 2.75) is 13.3 Å². The van der Waals surface area contributed by atoms with Crippen LogP contribution >= 0.6 is 11.6 Å². The Balaban J connectivity index is 1.73. The van der Waals surface area contributed by atoms with Crippen molar-refractivity contribution >= 4 is 22.4 Å². The van der Waals surface area contributed by atoms with Crippen molar-refractivity contribution < 1.29 is 4.39 Å². The summed E-state index contributed by atoms with van der Waals surface area (Å²) < 4.78 is 15.0. The summed E-state index contributed by atoms with van der Waals surface area (Å²) in [5, 5.41) is 2.33. The normalized spacial score (nSPS) is 11.0. The van der Waals surface area contributed by atoms with Gasteiger partial charge in [0.25, 0.3) is 0 Å². The lowest BCUT2D eigenvalue weighted by molar-refractivity contribution is 0.643. The summed E-state index contributed by atoms with van der Waals surface area (Å²) in [6.45, 7) is 2.11. The Morgan fingerprint density at radius 2 is 1.35 bits per heavy atom. The first-order valence-electron chi connectivity index (χ1n) is 8.73. The lowest BCUT2D eigenvalue weighted by Gasteiger charge is -2.09. The second-order valence-electron chi connectivity index (χ2n) is 6.42. The fraction of sp³-hybridized carbons (Fsp3) is 0.0833. The van der Waals surface area contributed by atoms with Crippen LogP contribution in [0.25, 0.3) is 33.0 Å². The number of halogens is 2. The van der Waals surface area contributed by atoms with Gasteiger partial charge in [-0.1, -0.05) is 85.3 Å². The van der Waals surface area contributed by atoms with Crippen molar-refractivity contribution in [3.8, 4) is 22.3 Å². The van der Waals surface area contributed by atoms with Crippen LogP contribution in [-0.2, 0) is 6.42 Å². The zero-order valence-corrected chi connectivity index (χ0v) is 15.2. The van der Waals surface area contributed by atoms with E-state index in [1.807, 2.05) is 72.8 Å². The van der Waals surface area contributed by atoms with E-state index >= 15 is 4.39 Å². The first-order valence-corrected chi connectivity index (χ1v) is 9.11. The Morgan fingerprint density at radius 3 is 2.00 bits per heavy atom. The van der Waals surface area contributed by atoms with Crippen molar-refractivity contribution in [2.75, 3.05) is 0 Å². The third-order valence-corrected chi connectivity index (χ3v) is 5.05. The first kappa shape index (κ1) is 16.8. The molecule has 0 saturated heterocycles. The highest BCUT2D eigenvalue weighted by molar-refractivity contribution is 6.30. The molecule has 0 radical (unpaired) electrons. The third-order valence-electron chi connectivity index (χ3n) is 4.80. The van der Waals surface area contributed by atoms with Crippen LogP contribution in [0.15, 0.2) is 78.9 Å². The van der Waals surface area contributed by atoms with E-state index in [0.717, 1.165) is 33.5 Å². The summed E-state index contributed by atoms with van der Waals surface area (Å²) in [4.78, 5) is 0. The van der Waals surface area contributed by atoms with Gasteiger partial charge in [-0.2, -0.15) is 0 Å². The van der Waals surface area contributed by atoms with Gasteiger partial charge in [-0.05, 0) is 46.2 Å². The van der Waals surface area contributed by atoms with Crippen molar-refractivity contribution in [3.63, 3.8) is 0 Å². The highest BCUT2D eigenvalue weighted by Gasteiger charge is 2.10. The third kappa shape index (κ3) is 3.11. The average Bonchev–Trinajstić information content (AvgIpc) is 2.69. The summed E-state index contributed by atoms with van der Waals surface area (Å²) in [6, 6.07) is 25.5. The minimum absolute atomic E-state index is 0.163. The quantitative estimate of drug-likeness (QED) is 0.354. The number of hydrogen-bond acceptors (Lipinski definition) is 0. The van der Waals surface area contributed by atoms with Gasteiger partial charge in [-0.25, -0.2) is 4.39 Å². The molecule has 0 N–H and O–H groups in total. The number of benzene rings is 4. The van der Waals surface area contributed by atoms with Gasteiger partial charge in [0.15, 0.2) is 0 Å². The Hall–Kier alpha value is -2.64. The van der Waals surface area contributed by atoms with Gasteiger partial charge in [0.2, 0.25) is 0 Å². The number of hydrogen-bond donors (Lipinski definition) is 0. The SMILES string of the molecule is CCc1ccc2c(F)c(-c3ccc(-c4ccc(Cl)cc4)cc3)ccc2c1. The molecule has 0 spiro atoms. The van der Waals surface area contributed by atoms with Gasteiger partial charge in [0.05, 0.1) is 0 Å². The minimum Gasteiger partial charge on any atom is -0.206 e. The molecule has 0 aliphatic carbocycles. The van der Waals surface area contributed by atoms with E-state index in [0.29, 0.717) is 10.9 Å². The Labute approximate surface area is 157 Å².